The van der Waals surface area contributed by atoms with Crippen LogP contribution >= 0.6 is 0 Å². The zero-order valence-corrected chi connectivity index (χ0v) is 14.0. The molecule has 21 heavy (non-hydrogen) atoms. The molecule has 1 fully saturated rings. The Hall–Kier alpha value is -1.30. The molecular weight excluding hydrogens is 272 g/mol. The van der Waals surface area contributed by atoms with Crippen LogP contribution < -0.4 is 0 Å². The van der Waals surface area contributed by atoms with E-state index in [1.165, 1.54) is 0 Å². The van der Waals surface area contributed by atoms with E-state index in [4.69, 9.17) is 9.47 Å². The molecule has 0 radical (unpaired) electrons. The van der Waals surface area contributed by atoms with Crippen molar-refractivity contribution in [3.05, 3.63) is 0 Å². The molecule has 0 saturated carbocycles. The van der Waals surface area contributed by atoms with Gasteiger partial charge in [-0.1, -0.05) is 0 Å². The molecular formula is C15H28N2O4. The monoisotopic (exact) mass is 300 g/mol. The lowest BCUT2D eigenvalue weighted by molar-refractivity contribution is -0.146. The van der Waals surface area contributed by atoms with E-state index < -0.39 is 5.60 Å². The van der Waals surface area contributed by atoms with Crippen molar-refractivity contribution in [3.63, 3.8) is 0 Å². The quantitative estimate of drug-likeness (QED) is 0.745. The summed E-state index contributed by atoms with van der Waals surface area (Å²) in [5.74, 6) is -0.220. The predicted octanol–water partition coefficient (Wildman–Crippen LogP) is 1.88. The molecule has 6 heteroatoms. The minimum atomic E-state index is -0.494. The summed E-state index contributed by atoms with van der Waals surface area (Å²) in [6.45, 7) is 13.1. The summed E-state index contributed by atoms with van der Waals surface area (Å²) >= 11 is 0. The number of esters is 1. The van der Waals surface area contributed by atoms with Crippen molar-refractivity contribution >= 4 is 12.1 Å². The summed E-state index contributed by atoms with van der Waals surface area (Å²) in [6, 6.07) is 0.177. The van der Waals surface area contributed by atoms with Gasteiger partial charge < -0.3 is 14.4 Å². The Kier molecular flexibility index (Phi) is 6.01. The summed E-state index contributed by atoms with van der Waals surface area (Å²) in [5, 5.41) is 0. The Morgan fingerprint density at radius 2 is 1.67 bits per heavy atom. The number of amides is 1. The highest BCUT2D eigenvalue weighted by molar-refractivity contribution is 5.72. The molecule has 1 rings (SSSR count). The highest BCUT2D eigenvalue weighted by atomic mass is 16.6. The lowest BCUT2D eigenvalue weighted by Gasteiger charge is -2.43. The van der Waals surface area contributed by atoms with Gasteiger partial charge in [-0.2, -0.15) is 0 Å². The van der Waals surface area contributed by atoms with Crippen LogP contribution in [0.1, 0.15) is 41.5 Å². The van der Waals surface area contributed by atoms with Gasteiger partial charge in [0, 0.05) is 25.2 Å². The minimum Gasteiger partial charge on any atom is -0.465 e. The molecule has 2 unspecified atom stereocenters. The van der Waals surface area contributed by atoms with Gasteiger partial charge in [0.15, 0.2) is 0 Å². The highest BCUT2D eigenvalue weighted by Crippen LogP contribution is 2.18. The molecule has 1 saturated heterocycles. The number of carbonyl (C=O) groups excluding carboxylic acids is 2. The van der Waals surface area contributed by atoms with Gasteiger partial charge in [0.05, 0.1) is 13.2 Å². The predicted molar refractivity (Wildman–Crippen MR) is 80.1 cm³/mol. The Morgan fingerprint density at radius 3 is 2.10 bits per heavy atom. The maximum absolute atomic E-state index is 12.1. The SMILES string of the molecule is CCOC(=O)CN1C(C)CN(C(=O)OC(C)(C)C)CC1C. The number of nitrogens with zero attached hydrogens (tertiary/aromatic N) is 2. The third kappa shape index (κ3) is 5.53. The van der Waals surface area contributed by atoms with E-state index in [2.05, 4.69) is 4.90 Å². The zero-order valence-electron chi connectivity index (χ0n) is 14.0. The van der Waals surface area contributed by atoms with Gasteiger partial charge >= 0.3 is 12.1 Å². The fraction of sp³-hybridized carbons (Fsp3) is 0.867. The standard InChI is InChI=1S/C15H28N2O4/c1-7-20-13(18)10-17-11(2)8-16(9-12(17)3)14(19)21-15(4,5)6/h11-12H,7-10H2,1-6H3. The molecule has 6 nitrogen and oxygen atoms in total. The van der Waals surface area contributed by atoms with Crippen LogP contribution in [-0.4, -0.2) is 65.8 Å². The van der Waals surface area contributed by atoms with E-state index in [0.717, 1.165) is 0 Å². The number of piperazine rings is 1. The number of ether oxygens (including phenoxy) is 2. The maximum atomic E-state index is 12.1. The second-order valence-corrected chi connectivity index (χ2v) is 6.56. The van der Waals surface area contributed by atoms with E-state index in [9.17, 15) is 9.59 Å². The first-order valence-corrected chi connectivity index (χ1v) is 7.53. The topological polar surface area (TPSA) is 59.1 Å². The molecule has 0 N–H and O–H groups in total. The van der Waals surface area contributed by atoms with Gasteiger partial charge in [-0.25, -0.2) is 4.79 Å². The Morgan fingerprint density at radius 1 is 1.14 bits per heavy atom. The third-order valence-electron chi connectivity index (χ3n) is 3.37. The molecule has 1 heterocycles. The average molecular weight is 300 g/mol. The van der Waals surface area contributed by atoms with Crippen molar-refractivity contribution in [1.29, 1.82) is 0 Å². The smallest absolute Gasteiger partial charge is 0.410 e. The fourth-order valence-corrected chi connectivity index (χ4v) is 2.50. The number of rotatable bonds is 3. The zero-order chi connectivity index (χ0) is 16.2. The van der Waals surface area contributed by atoms with Crippen molar-refractivity contribution in [1.82, 2.24) is 9.80 Å². The second-order valence-electron chi connectivity index (χ2n) is 6.56. The Labute approximate surface area is 127 Å². The van der Waals surface area contributed by atoms with Crippen LogP contribution in [0.5, 0.6) is 0 Å². The Balaban J connectivity index is 2.61. The van der Waals surface area contributed by atoms with Gasteiger partial charge in [-0.15, -0.1) is 0 Å². The maximum Gasteiger partial charge on any atom is 0.410 e. The summed E-state index contributed by atoms with van der Waals surface area (Å²) in [6.07, 6.45) is -0.294. The molecule has 2 atom stereocenters. The van der Waals surface area contributed by atoms with Crippen LogP contribution in [0.2, 0.25) is 0 Å². The van der Waals surface area contributed by atoms with E-state index in [1.54, 1.807) is 11.8 Å². The van der Waals surface area contributed by atoms with E-state index in [0.29, 0.717) is 19.7 Å². The van der Waals surface area contributed by atoms with E-state index >= 15 is 0 Å². The summed E-state index contributed by atoms with van der Waals surface area (Å²) in [5.41, 5.74) is -0.494. The van der Waals surface area contributed by atoms with Crippen molar-refractivity contribution < 1.29 is 19.1 Å². The summed E-state index contributed by atoms with van der Waals surface area (Å²) < 4.78 is 10.4. The van der Waals surface area contributed by atoms with Crippen molar-refractivity contribution in [3.8, 4) is 0 Å². The van der Waals surface area contributed by atoms with E-state index in [1.807, 2.05) is 34.6 Å². The number of hydrogen-bond acceptors (Lipinski definition) is 5. The van der Waals surface area contributed by atoms with Crippen LogP contribution in [0.25, 0.3) is 0 Å². The van der Waals surface area contributed by atoms with Crippen molar-refractivity contribution in [2.45, 2.75) is 59.2 Å². The fourth-order valence-electron chi connectivity index (χ4n) is 2.50. The largest absolute Gasteiger partial charge is 0.465 e. The molecule has 0 aromatic heterocycles. The first-order valence-electron chi connectivity index (χ1n) is 7.53. The second kappa shape index (κ2) is 7.11. The third-order valence-corrected chi connectivity index (χ3v) is 3.37. The van der Waals surface area contributed by atoms with Crippen molar-refractivity contribution in [2.75, 3.05) is 26.2 Å². The van der Waals surface area contributed by atoms with Gasteiger partial charge in [0.2, 0.25) is 0 Å². The van der Waals surface area contributed by atoms with Crippen LogP contribution in [0.15, 0.2) is 0 Å². The average Bonchev–Trinajstić information content (AvgIpc) is 2.31. The molecule has 0 spiro atoms. The van der Waals surface area contributed by atoms with Gasteiger partial charge in [-0.05, 0) is 41.5 Å². The molecule has 0 aliphatic carbocycles. The highest BCUT2D eigenvalue weighted by Gasteiger charge is 2.34. The minimum absolute atomic E-state index is 0.0886. The van der Waals surface area contributed by atoms with Gasteiger partial charge in [0.25, 0.3) is 0 Å². The lowest BCUT2D eigenvalue weighted by atomic mass is 10.1. The van der Waals surface area contributed by atoms with Gasteiger partial charge in [0.1, 0.15) is 5.60 Å². The Bertz CT molecular complexity index is 366. The normalized spacial score (nSPS) is 23.8. The van der Waals surface area contributed by atoms with E-state index in [-0.39, 0.29) is 30.7 Å². The molecule has 0 aromatic rings. The first kappa shape index (κ1) is 17.8. The van der Waals surface area contributed by atoms with Crippen LogP contribution in [0, 0.1) is 0 Å². The van der Waals surface area contributed by atoms with Crippen molar-refractivity contribution in [2.24, 2.45) is 0 Å². The molecule has 0 bridgehead atoms. The molecule has 122 valence electrons. The number of hydrogen-bond donors (Lipinski definition) is 0. The lowest BCUT2D eigenvalue weighted by Crippen LogP contribution is -2.59. The molecule has 0 aromatic carbocycles. The molecule has 1 aliphatic rings. The summed E-state index contributed by atoms with van der Waals surface area (Å²) in [7, 11) is 0. The summed E-state index contributed by atoms with van der Waals surface area (Å²) in [4.78, 5) is 27.5. The van der Waals surface area contributed by atoms with Crippen LogP contribution in [0.4, 0.5) is 4.79 Å². The van der Waals surface area contributed by atoms with Gasteiger partial charge in [-0.3, -0.25) is 9.69 Å². The number of carbonyl (C=O) groups is 2. The first-order chi connectivity index (χ1) is 9.64. The molecule has 1 amide bonds. The van der Waals surface area contributed by atoms with Crippen LogP contribution in [-0.2, 0) is 14.3 Å². The van der Waals surface area contributed by atoms with Crippen LogP contribution in [0.3, 0.4) is 0 Å². The molecule has 1 aliphatic heterocycles.